The first-order valence-corrected chi connectivity index (χ1v) is 16.7. The van der Waals surface area contributed by atoms with Crippen molar-refractivity contribution in [1.29, 1.82) is 0 Å². The smallest absolute Gasteiger partial charge is 0.306 e. The van der Waals surface area contributed by atoms with Gasteiger partial charge in [-0.1, -0.05) is 25.5 Å². The van der Waals surface area contributed by atoms with Gasteiger partial charge in [-0.05, 0) is 88.7 Å². The standard InChI is InChI=1S/C35H49NO10/c1-32(2)17-20(11-14-46-32)25(16-29(41)42)36-28(40)7-8-30(43)45-19-27(39)35(44)13-10-24-23-6-5-21-15-22(37)9-12-33(21,3)31(23)26(38)18-34(24,35)4/h9,12,15,20,23-26,31,38,44H,5-8,10-11,13-14,16-19H2,1-4H3,(H,36,40)(H,41,42)/t20?,23-,24?,25?,26-,31?,33-,34-,35-/m0/s1. The largest absolute Gasteiger partial charge is 0.481 e. The number of carbonyl (C=O) groups excluding carboxylic acids is 4. The molecule has 11 nitrogen and oxygen atoms in total. The van der Waals surface area contributed by atoms with Crippen LogP contribution >= 0.6 is 0 Å². The van der Waals surface area contributed by atoms with Crippen LogP contribution < -0.4 is 5.32 Å². The number of rotatable bonds is 10. The Kier molecular flexibility index (Phi) is 9.45. The van der Waals surface area contributed by atoms with Gasteiger partial charge in [0.25, 0.3) is 0 Å². The van der Waals surface area contributed by atoms with Gasteiger partial charge >= 0.3 is 11.9 Å². The third-order valence-electron chi connectivity index (χ3n) is 12.1. The van der Waals surface area contributed by atoms with E-state index in [-0.39, 0.29) is 61.6 Å². The normalized spacial score (nSPS) is 38.4. The number of aliphatic carboxylic acids is 1. The average Bonchev–Trinajstić information content (AvgIpc) is 3.24. The lowest BCUT2D eigenvalue weighted by Gasteiger charge is -2.59. The number of carboxylic acid groups (broad SMARTS) is 1. The molecule has 0 aromatic heterocycles. The van der Waals surface area contributed by atoms with E-state index in [4.69, 9.17) is 9.47 Å². The number of fused-ring (bicyclic) bond motifs is 5. The molecule has 1 aliphatic heterocycles. The van der Waals surface area contributed by atoms with Crippen molar-refractivity contribution in [3.05, 3.63) is 23.8 Å². The van der Waals surface area contributed by atoms with E-state index < -0.39 is 64.4 Å². The lowest BCUT2D eigenvalue weighted by molar-refractivity contribution is -0.181. The summed E-state index contributed by atoms with van der Waals surface area (Å²) in [6, 6.07) is -0.604. The number of Topliss-reactive ketones (excluding diaryl/α,β-unsaturated/α-hetero) is 1. The molecule has 0 aromatic carbocycles. The summed E-state index contributed by atoms with van der Waals surface area (Å²) in [5.41, 5.74) is -2.56. The Morgan fingerprint density at radius 3 is 2.52 bits per heavy atom. The molecule has 11 heteroatoms. The minimum atomic E-state index is -1.78. The molecule has 0 radical (unpaired) electrons. The van der Waals surface area contributed by atoms with Crippen LogP contribution in [0.25, 0.3) is 0 Å². The van der Waals surface area contributed by atoms with Gasteiger partial charge in [0.15, 0.2) is 12.4 Å². The zero-order valence-electron chi connectivity index (χ0n) is 27.4. The SMILES string of the molecule is CC1(C)CC(C(CC(=O)O)NC(=O)CCC(=O)OCC(=O)[C@@]2(O)CCC3[C@@H]4CCC5=CC(=O)C=C[C@]5(C)C4[C@@H](O)C[C@@]32C)CCO1. The fraction of sp³-hybridized carbons (Fsp3) is 0.743. The molecule has 3 saturated carbocycles. The molecule has 254 valence electrons. The van der Waals surface area contributed by atoms with Crippen LogP contribution in [0.4, 0.5) is 0 Å². The summed E-state index contributed by atoms with van der Waals surface area (Å²) in [5.74, 6) is -3.14. The fourth-order valence-electron chi connectivity index (χ4n) is 9.77. The number of allylic oxidation sites excluding steroid dienone is 4. The topological polar surface area (TPSA) is 177 Å². The fourth-order valence-corrected chi connectivity index (χ4v) is 9.77. The van der Waals surface area contributed by atoms with Gasteiger partial charge < -0.3 is 30.1 Å². The Labute approximate surface area is 270 Å². The summed E-state index contributed by atoms with van der Waals surface area (Å²) in [5, 5.41) is 35.6. The number of carbonyl (C=O) groups is 5. The van der Waals surface area contributed by atoms with Gasteiger partial charge in [0, 0.05) is 35.8 Å². The molecule has 4 aliphatic carbocycles. The van der Waals surface area contributed by atoms with E-state index in [1.165, 1.54) is 0 Å². The molecule has 5 aliphatic rings. The number of nitrogens with one attached hydrogen (secondary N) is 1. The van der Waals surface area contributed by atoms with E-state index in [0.29, 0.717) is 32.3 Å². The number of amides is 1. The summed E-state index contributed by atoms with van der Waals surface area (Å²) < 4.78 is 11.0. The van der Waals surface area contributed by atoms with Crippen molar-refractivity contribution in [1.82, 2.24) is 5.32 Å². The van der Waals surface area contributed by atoms with E-state index in [1.54, 1.807) is 12.2 Å². The molecule has 0 bridgehead atoms. The second kappa shape index (κ2) is 12.6. The number of carboxylic acids is 1. The first-order chi connectivity index (χ1) is 21.5. The Morgan fingerprint density at radius 2 is 1.83 bits per heavy atom. The van der Waals surface area contributed by atoms with Crippen LogP contribution in [0.2, 0.25) is 0 Å². The van der Waals surface area contributed by atoms with Crippen LogP contribution in [-0.2, 0) is 33.4 Å². The zero-order valence-corrected chi connectivity index (χ0v) is 27.4. The molecule has 4 fully saturated rings. The summed E-state index contributed by atoms with van der Waals surface area (Å²) in [6.07, 6.45) is 7.28. The van der Waals surface area contributed by atoms with Gasteiger partial charge in [0.1, 0.15) is 5.60 Å². The first kappa shape index (κ1) is 34.4. The quantitative estimate of drug-likeness (QED) is 0.259. The van der Waals surface area contributed by atoms with Gasteiger partial charge in [-0.2, -0.15) is 0 Å². The molecule has 0 aromatic rings. The van der Waals surface area contributed by atoms with E-state index in [0.717, 1.165) is 12.0 Å². The summed E-state index contributed by atoms with van der Waals surface area (Å²) in [6.45, 7) is 7.59. The third-order valence-corrected chi connectivity index (χ3v) is 12.1. The van der Waals surface area contributed by atoms with Gasteiger partial charge in [-0.15, -0.1) is 0 Å². The first-order valence-electron chi connectivity index (χ1n) is 16.7. The molecular weight excluding hydrogens is 594 g/mol. The van der Waals surface area contributed by atoms with E-state index >= 15 is 0 Å². The number of hydrogen-bond acceptors (Lipinski definition) is 9. The summed E-state index contributed by atoms with van der Waals surface area (Å²) in [4.78, 5) is 62.4. The highest BCUT2D eigenvalue weighted by molar-refractivity contribution is 6.01. The van der Waals surface area contributed by atoms with E-state index in [9.17, 15) is 39.3 Å². The molecular formula is C35H49NO10. The predicted octanol–water partition coefficient (Wildman–Crippen LogP) is 3.05. The highest BCUT2D eigenvalue weighted by Crippen LogP contribution is 2.67. The number of aliphatic hydroxyl groups is 2. The van der Waals surface area contributed by atoms with E-state index in [2.05, 4.69) is 12.2 Å². The van der Waals surface area contributed by atoms with Crippen LogP contribution in [0.1, 0.15) is 91.9 Å². The molecule has 0 spiro atoms. The van der Waals surface area contributed by atoms with Crippen molar-refractivity contribution in [2.24, 2.45) is 34.5 Å². The van der Waals surface area contributed by atoms with Crippen molar-refractivity contribution < 1.29 is 48.8 Å². The van der Waals surface area contributed by atoms with Crippen LogP contribution in [-0.4, -0.2) is 81.3 Å². The molecule has 4 unspecified atom stereocenters. The Hall–Kier alpha value is -2.89. The monoisotopic (exact) mass is 643 g/mol. The van der Waals surface area contributed by atoms with Gasteiger partial charge in [-0.25, -0.2) is 0 Å². The second-order valence-electron chi connectivity index (χ2n) is 15.3. The Morgan fingerprint density at radius 1 is 1.09 bits per heavy atom. The van der Waals surface area contributed by atoms with Crippen molar-refractivity contribution >= 4 is 29.4 Å². The minimum absolute atomic E-state index is 0.0290. The summed E-state index contributed by atoms with van der Waals surface area (Å²) >= 11 is 0. The van der Waals surface area contributed by atoms with Crippen LogP contribution in [0.15, 0.2) is 23.8 Å². The van der Waals surface area contributed by atoms with Crippen molar-refractivity contribution in [2.75, 3.05) is 13.2 Å². The van der Waals surface area contributed by atoms with Gasteiger partial charge in [0.05, 0.1) is 24.5 Å². The third kappa shape index (κ3) is 6.34. The maximum Gasteiger partial charge on any atom is 0.306 e. The lowest BCUT2D eigenvalue weighted by Crippen LogP contribution is -2.61. The minimum Gasteiger partial charge on any atom is -0.481 e. The number of aliphatic hydroxyl groups excluding tert-OH is 1. The molecule has 1 heterocycles. The number of hydrogen-bond donors (Lipinski definition) is 4. The Balaban J connectivity index is 1.16. The maximum absolute atomic E-state index is 13.5. The van der Waals surface area contributed by atoms with Crippen LogP contribution in [0.5, 0.6) is 0 Å². The summed E-state index contributed by atoms with van der Waals surface area (Å²) in [7, 11) is 0. The zero-order chi connectivity index (χ0) is 33.7. The highest BCUT2D eigenvalue weighted by atomic mass is 16.5. The predicted molar refractivity (Wildman–Crippen MR) is 165 cm³/mol. The number of ketones is 2. The van der Waals surface area contributed by atoms with Crippen LogP contribution in [0.3, 0.4) is 0 Å². The second-order valence-corrected chi connectivity index (χ2v) is 15.3. The lowest BCUT2D eigenvalue weighted by atomic mass is 9.46. The average molecular weight is 644 g/mol. The molecule has 1 amide bonds. The Bertz CT molecular complexity index is 1340. The highest BCUT2D eigenvalue weighted by Gasteiger charge is 2.68. The number of ether oxygens (including phenoxy) is 2. The molecule has 4 N–H and O–H groups in total. The van der Waals surface area contributed by atoms with Crippen molar-refractivity contribution in [3.8, 4) is 0 Å². The number of esters is 1. The molecule has 9 atom stereocenters. The van der Waals surface area contributed by atoms with Crippen molar-refractivity contribution in [2.45, 2.75) is 115 Å². The maximum atomic E-state index is 13.5. The van der Waals surface area contributed by atoms with E-state index in [1.807, 2.05) is 26.8 Å². The molecule has 1 saturated heterocycles. The van der Waals surface area contributed by atoms with Crippen LogP contribution in [0, 0.1) is 34.5 Å². The molecule has 5 rings (SSSR count). The molecule has 46 heavy (non-hydrogen) atoms. The van der Waals surface area contributed by atoms with Crippen molar-refractivity contribution in [3.63, 3.8) is 0 Å². The van der Waals surface area contributed by atoms with Gasteiger partial charge in [0.2, 0.25) is 11.7 Å². The van der Waals surface area contributed by atoms with Gasteiger partial charge in [-0.3, -0.25) is 24.0 Å².